The fourth-order valence-corrected chi connectivity index (χ4v) is 5.67. The molecule has 44 heavy (non-hydrogen) atoms. The molecule has 2 heterocycles. The van der Waals surface area contributed by atoms with E-state index in [9.17, 15) is 18.0 Å². The van der Waals surface area contributed by atoms with Crippen molar-refractivity contribution in [2.75, 3.05) is 17.2 Å². The number of alkyl halides is 3. The van der Waals surface area contributed by atoms with Gasteiger partial charge in [0.1, 0.15) is 12.1 Å². The van der Waals surface area contributed by atoms with E-state index >= 15 is 0 Å². The normalized spacial score (nSPS) is 14.3. The van der Waals surface area contributed by atoms with Gasteiger partial charge in [0.25, 0.3) is 0 Å². The second kappa shape index (κ2) is 13.6. The Hall–Kier alpha value is -4.23. The van der Waals surface area contributed by atoms with Crippen LogP contribution in [0.2, 0.25) is 0 Å². The third kappa shape index (κ3) is 8.03. The van der Waals surface area contributed by atoms with E-state index in [1.165, 1.54) is 52.6 Å². The number of anilines is 1. The van der Waals surface area contributed by atoms with Gasteiger partial charge in [-0.3, -0.25) is 9.69 Å². The van der Waals surface area contributed by atoms with Gasteiger partial charge in [-0.2, -0.15) is 4.99 Å². The Labute approximate surface area is 262 Å². The van der Waals surface area contributed by atoms with Gasteiger partial charge >= 0.3 is 6.36 Å². The van der Waals surface area contributed by atoms with Gasteiger partial charge < -0.3 is 10.1 Å². The molecule has 0 radical (unpaired) electrons. The highest BCUT2D eigenvalue weighted by Gasteiger charge is 2.32. The van der Waals surface area contributed by atoms with Crippen molar-refractivity contribution in [3.05, 3.63) is 89.7 Å². The van der Waals surface area contributed by atoms with E-state index in [-0.39, 0.29) is 11.7 Å². The average molecular weight is 639 g/mol. The number of ether oxygens (including phenoxy) is 1. The number of aromatic nitrogens is 3. The van der Waals surface area contributed by atoms with Crippen molar-refractivity contribution in [1.82, 2.24) is 20.1 Å². The highest BCUT2D eigenvalue weighted by atomic mass is 32.2. The van der Waals surface area contributed by atoms with Gasteiger partial charge in [-0.1, -0.05) is 48.2 Å². The SMILES string of the molecule is Cc1ccc(C)c(N2C(=O)CSC2=NC(=S)NCCCCc2ccc(-c3ncn(-c4ccc(OC(F)(F)F)cc4)n3)cc2)c1. The number of thiocarbonyl (C=S) groups is 1. The molecule has 8 nitrogen and oxygen atoms in total. The van der Waals surface area contributed by atoms with Gasteiger partial charge in [0.15, 0.2) is 16.1 Å². The van der Waals surface area contributed by atoms with Crippen LogP contribution in [-0.2, 0) is 11.2 Å². The summed E-state index contributed by atoms with van der Waals surface area (Å²) in [6.07, 6.45) is -0.527. The van der Waals surface area contributed by atoms with Crippen LogP contribution in [0.5, 0.6) is 5.75 Å². The number of thioether (sulfide) groups is 1. The van der Waals surface area contributed by atoms with E-state index in [0.29, 0.717) is 34.1 Å². The molecule has 3 aromatic carbocycles. The molecule has 1 aliphatic rings. The maximum Gasteiger partial charge on any atom is 0.573 e. The summed E-state index contributed by atoms with van der Waals surface area (Å²) in [5, 5.41) is 8.58. The van der Waals surface area contributed by atoms with E-state index in [1.807, 2.05) is 56.3 Å². The first kappa shape index (κ1) is 31.2. The molecule has 1 aromatic heterocycles. The third-order valence-corrected chi connectivity index (χ3v) is 7.93. The molecule has 0 aliphatic carbocycles. The number of amidine groups is 1. The monoisotopic (exact) mass is 638 g/mol. The van der Waals surface area contributed by atoms with Crippen molar-refractivity contribution < 1.29 is 22.7 Å². The Bertz CT molecular complexity index is 1670. The third-order valence-electron chi connectivity index (χ3n) is 6.78. The molecule has 228 valence electrons. The van der Waals surface area contributed by atoms with Gasteiger partial charge in [-0.25, -0.2) is 9.67 Å². The number of nitrogens with one attached hydrogen (secondary N) is 1. The first-order chi connectivity index (χ1) is 21.1. The summed E-state index contributed by atoms with van der Waals surface area (Å²) in [5.74, 6) is 0.535. The second-order valence-corrected chi connectivity index (χ2v) is 11.5. The first-order valence-electron chi connectivity index (χ1n) is 13.8. The molecular weight excluding hydrogens is 610 g/mol. The van der Waals surface area contributed by atoms with Crippen LogP contribution in [0.15, 0.2) is 78.0 Å². The zero-order valence-electron chi connectivity index (χ0n) is 24.0. The van der Waals surface area contributed by atoms with Crippen molar-refractivity contribution in [2.24, 2.45) is 4.99 Å². The van der Waals surface area contributed by atoms with Crippen LogP contribution in [-0.4, -0.2) is 49.6 Å². The highest BCUT2D eigenvalue weighted by Crippen LogP contribution is 2.30. The fourth-order valence-electron chi connectivity index (χ4n) is 4.56. The van der Waals surface area contributed by atoms with Gasteiger partial charge in [0.2, 0.25) is 5.91 Å². The van der Waals surface area contributed by atoms with Crippen LogP contribution in [0.3, 0.4) is 0 Å². The molecule has 0 spiro atoms. The number of aryl methyl sites for hydroxylation is 3. The lowest BCUT2D eigenvalue weighted by atomic mass is 10.1. The van der Waals surface area contributed by atoms with Crippen LogP contribution < -0.4 is 15.0 Å². The first-order valence-corrected chi connectivity index (χ1v) is 15.2. The maximum atomic E-state index is 12.6. The van der Waals surface area contributed by atoms with Crippen LogP contribution in [0, 0.1) is 13.8 Å². The van der Waals surface area contributed by atoms with Crippen molar-refractivity contribution in [3.8, 4) is 22.8 Å². The molecule has 1 aliphatic heterocycles. The number of carbonyl (C=O) groups excluding carboxylic acids is 1. The summed E-state index contributed by atoms with van der Waals surface area (Å²) in [6, 6.07) is 19.4. The molecule has 13 heteroatoms. The van der Waals surface area contributed by atoms with Gasteiger partial charge in [0.05, 0.1) is 17.1 Å². The lowest BCUT2D eigenvalue weighted by Crippen LogP contribution is -2.32. The Morgan fingerprint density at radius 2 is 1.82 bits per heavy atom. The quantitative estimate of drug-likeness (QED) is 0.160. The summed E-state index contributed by atoms with van der Waals surface area (Å²) in [6.45, 7) is 4.64. The number of aliphatic imine (C=N–C) groups is 1. The molecule has 0 atom stereocenters. The van der Waals surface area contributed by atoms with Gasteiger partial charge in [-0.15, -0.1) is 18.3 Å². The predicted octanol–water partition coefficient (Wildman–Crippen LogP) is 6.78. The van der Waals surface area contributed by atoms with Gasteiger partial charge in [-0.05, 0) is 92.4 Å². The zero-order valence-corrected chi connectivity index (χ0v) is 25.6. The fraction of sp³-hybridized carbons (Fsp3) is 0.258. The number of halogens is 3. The summed E-state index contributed by atoms with van der Waals surface area (Å²) in [7, 11) is 0. The predicted molar refractivity (Wildman–Crippen MR) is 170 cm³/mol. The molecule has 4 aromatic rings. The van der Waals surface area contributed by atoms with E-state index < -0.39 is 6.36 Å². The van der Waals surface area contributed by atoms with Crippen LogP contribution in [0.25, 0.3) is 17.1 Å². The molecule has 5 rings (SSSR count). The Balaban J connectivity index is 1.08. The van der Waals surface area contributed by atoms with Crippen molar-refractivity contribution in [3.63, 3.8) is 0 Å². The number of carbonyl (C=O) groups is 1. The van der Waals surface area contributed by atoms with E-state index in [2.05, 4.69) is 25.1 Å². The van der Waals surface area contributed by atoms with Crippen LogP contribution in [0.4, 0.5) is 18.9 Å². The number of hydrogen-bond donors (Lipinski definition) is 1. The molecule has 0 unspecified atom stereocenters. The smallest absolute Gasteiger partial charge is 0.406 e. The molecule has 1 fully saturated rings. The zero-order chi connectivity index (χ0) is 31.3. The van der Waals surface area contributed by atoms with Crippen molar-refractivity contribution in [2.45, 2.75) is 39.5 Å². The van der Waals surface area contributed by atoms with Crippen molar-refractivity contribution >= 4 is 45.9 Å². The number of benzene rings is 3. The van der Waals surface area contributed by atoms with Crippen molar-refractivity contribution in [1.29, 1.82) is 0 Å². The Morgan fingerprint density at radius 1 is 1.07 bits per heavy atom. The summed E-state index contributed by atoms with van der Waals surface area (Å²) in [4.78, 5) is 23.1. The number of unbranched alkanes of at least 4 members (excludes halogenated alkanes) is 1. The van der Waals surface area contributed by atoms with E-state index in [1.54, 1.807) is 4.90 Å². The lowest BCUT2D eigenvalue weighted by Gasteiger charge is -2.19. The molecular formula is C31H29F3N6O2S2. The average Bonchev–Trinajstić information content (AvgIpc) is 3.61. The highest BCUT2D eigenvalue weighted by molar-refractivity contribution is 8.15. The number of nitrogens with zero attached hydrogens (tertiary/aromatic N) is 5. The van der Waals surface area contributed by atoms with E-state index in [0.717, 1.165) is 41.6 Å². The summed E-state index contributed by atoms with van der Waals surface area (Å²) in [5.41, 5.74) is 5.47. The Kier molecular flexibility index (Phi) is 9.64. The second-order valence-electron chi connectivity index (χ2n) is 10.1. The molecule has 1 amide bonds. The summed E-state index contributed by atoms with van der Waals surface area (Å²) < 4.78 is 42.6. The number of rotatable bonds is 9. The standard InChI is InChI=1S/C31H29F3N6O2S2/c1-20-6-7-21(2)26(17-20)40-27(41)18-44-30(40)37-29(43)35-16-4-3-5-22-8-10-23(11-9-22)28-36-19-39(38-28)24-12-14-25(15-13-24)42-31(32,33)34/h6-15,17,19H,3-5,16,18H2,1-2H3,(H,35,43). The molecule has 1 N–H and O–H groups in total. The minimum absolute atomic E-state index is 0.00598. The largest absolute Gasteiger partial charge is 0.573 e. The number of amides is 1. The van der Waals surface area contributed by atoms with Gasteiger partial charge in [0, 0.05) is 12.1 Å². The van der Waals surface area contributed by atoms with Crippen LogP contribution in [0.1, 0.15) is 29.5 Å². The van der Waals surface area contributed by atoms with E-state index in [4.69, 9.17) is 12.2 Å². The number of hydrogen-bond acceptors (Lipinski definition) is 6. The topological polar surface area (TPSA) is 84.6 Å². The minimum atomic E-state index is -4.74. The van der Waals surface area contributed by atoms with Crippen LogP contribution >= 0.6 is 24.0 Å². The minimum Gasteiger partial charge on any atom is -0.406 e. The summed E-state index contributed by atoms with van der Waals surface area (Å²) >= 11 is 6.83. The molecule has 0 bridgehead atoms. The maximum absolute atomic E-state index is 12.6. The molecule has 0 saturated carbocycles. The Morgan fingerprint density at radius 3 is 2.55 bits per heavy atom. The lowest BCUT2D eigenvalue weighted by molar-refractivity contribution is -0.274. The molecule has 1 saturated heterocycles.